The normalized spacial score (nSPS) is 11.2. The zero-order valence-corrected chi connectivity index (χ0v) is 14.6. The van der Waals surface area contributed by atoms with E-state index in [9.17, 15) is 9.59 Å². The number of rotatable bonds is 12. The van der Waals surface area contributed by atoms with Crippen molar-refractivity contribution in [3.05, 3.63) is 42.4 Å². The summed E-state index contributed by atoms with van der Waals surface area (Å²) in [6.07, 6.45) is 5.25. The molecule has 1 unspecified atom stereocenters. The number of carboxylic acids is 1. The molecule has 1 heterocycles. The van der Waals surface area contributed by atoms with Crippen molar-refractivity contribution in [2.75, 3.05) is 13.1 Å². The molecule has 1 rings (SSSR count). The lowest BCUT2D eigenvalue weighted by Gasteiger charge is -2.18. The first-order valence-electron chi connectivity index (χ1n) is 8.29. The van der Waals surface area contributed by atoms with Gasteiger partial charge in [0.1, 0.15) is 0 Å². The number of nitrogens with one attached hydrogen (secondary N) is 4. The maximum Gasteiger partial charge on any atom is 0.305 e. The number of hydrogen-bond donors (Lipinski definition) is 6. The fourth-order valence-corrected chi connectivity index (χ4v) is 2.23. The van der Waals surface area contributed by atoms with Gasteiger partial charge in [-0.15, -0.1) is 0 Å². The van der Waals surface area contributed by atoms with Crippen LogP contribution in [0, 0.1) is 5.41 Å². The monoisotopic (exact) mass is 362 g/mol. The van der Waals surface area contributed by atoms with E-state index < -0.39 is 12.0 Å². The van der Waals surface area contributed by atoms with E-state index in [1.807, 2.05) is 0 Å². The van der Waals surface area contributed by atoms with Crippen molar-refractivity contribution >= 4 is 17.8 Å². The van der Waals surface area contributed by atoms with Crippen LogP contribution in [0.1, 0.15) is 37.3 Å². The highest BCUT2D eigenvalue weighted by Gasteiger charge is 2.18. The van der Waals surface area contributed by atoms with Gasteiger partial charge in [0.05, 0.1) is 19.0 Å². The van der Waals surface area contributed by atoms with E-state index in [4.69, 9.17) is 16.2 Å². The number of nitrogens with two attached hydrogens (primary N) is 1. The number of amides is 1. The molecule has 1 aromatic rings. The van der Waals surface area contributed by atoms with Crippen LogP contribution in [0.15, 0.2) is 36.8 Å². The molecule has 0 bridgehead atoms. The van der Waals surface area contributed by atoms with Crippen molar-refractivity contribution in [3.63, 3.8) is 0 Å². The molecule has 0 aliphatic carbocycles. The van der Waals surface area contributed by atoms with Gasteiger partial charge in [0.25, 0.3) is 0 Å². The number of nitrogens with zero attached hydrogens (tertiary/aromatic N) is 1. The molecule has 9 nitrogen and oxygen atoms in total. The Hall–Kier alpha value is -3.10. The van der Waals surface area contributed by atoms with E-state index in [1.54, 1.807) is 18.3 Å². The number of guanidine groups is 1. The molecule has 0 spiro atoms. The van der Waals surface area contributed by atoms with Gasteiger partial charge in [0.15, 0.2) is 5.96 Å². The van der Waals surface area contributed by atoms with E-state index in [-0.39, 0.29) is 24.8 Å². The fourth-order valence-electron chi connectivity index (χ4n) is 2.23. The smallest absolute Gasteiger partial charge is 0.305 e. The summed E-state index contributed by atoms with van der Waals surface area (Å²) >= 11 is 0. The Balaban J connectivity index is 2.35. The molecule has 0 radical (unpaired) electrons. The van der Waals surface area contributed by atoms with Gasteiger partial charge in [-0.2, -0.15) is 0 Å². The summed E-state index contributed by atoms with van der Waals surface area (Å²) in [5, 5.41) is 24.4. The molecule has 0 aliphatic heterocycles. The summed E-state index contributed by atoms with van der Waals surface area (Å²) in [6.45, 7) is 4.49. The Morgan fingerprint density at radius 3 is 2.73 bits per heavy atom. The molecule has 0 fully saturated rings. The number of carbonyl (C=O) groups is 2. The Labute approximate surface area is 152 Å². The molecule has 1 atom stereocenters. The minimum atomic E-state index is -1.00. The minimum absolute atomic E-state index is 0.0148. The fraction of sp³-hybridized carbons (Fsp3) is 0.412. The van der Waals surface area contributed by atoms with Crippen LogP contribution in [0.2, 0.25) is 0 Å². The van der Waals surface area contributed by atoms with Crippen LogP contribution in [0.25, 0.3) is 0 Å². The molecule has 142 valence electrons. The maximum atomic E-state index is 12.1. The molecule has 0 aromatic carbocycles. The highest BCUT2D eigenvalue weighted by atomic mass is 16.4. The highest BCUT2D eigenvalue weighted by molar-refractivity contribution is 5.79. The van der Waals surface area contributed by atoms with Crippen LogP contribution < -0.4 is 21.7 Å². The Kier molecular flexibility index (Phi) is 9.23. The summed E-state index contributed by atoms with van der Waals surface area (Å²) in [5.41, 5.74) is 6.54. The summed E-state index contributed by atoms with van der Waals surface area (Å²) in [7, 11) is 0. The zero-order valence-electron chi connectivity index (χ0n) is 14.6. The standard InChI is InChI=1S/C17H26N6O3/c1-12(5-2-3-8-21-17(18)19)22-11-15(24)23-14(9-16(25)26)13-6-4-7-20-10-13/h4,6-7,10,14,22H,1-3,5,8-9,11H2,(H,23,24)(H,25,26)(H4,18,19,21). The number of unbranched alkanes of at least 4 members (excludes halogenated alkanes) is 1. The van der Waals surface area contributed by atoms with Crippen molar-refractivity contribution < 1.29 is 14.7 Å². The quantitative estimate of drug-likeness (QED) is 0.179. The number of carbonyl (C=O) groups excluding carboxylic acids is 1. The summed E-state index contributed by atoms with van der Waals surface area (Å²) in [6, 6.07) is 2.78. The van der Waals surface area contributed by atoms with Gasteiger partial charge in [0.2, 0.25) is 5.91 Å². The largest absolute Gasteiger partial charge is 0.481 e. The summed E-state index contributed by atoms with van der Waals surface area (Å²) < 4.78 is 0. The summed E-state index contributed by atoms with van der Waals surface area (Å²) in [5.74, 6) is -1.38. The van der Waals surface area contributed by atoms with Gasteiger partial charge in [-0.25, -0.2) is 0 Å². The second kappa shape index (κ2) is 11.5. The first-order chi connectivity index (χ1) is 12.4. The van der Waals surface area contributed by atoms with E-state index >= 15 is 0 Å². The van der Waals surface area contributed by atoms with Crippen LogP contribution in [0.4, 0.5) is 0 Å². The van der Waals surface area contributed by atoms with Gasteiger partial charge >= 0.3 is 5.97 Å². The molecule has 7 N–H and O–H groups in total. The minimum Gasteiger partial charge on any atom is -0.481 e. The molecule has 0 aliphatic rings. The Morgan fingerprint density at radius 2 is 2.12 bits per heavy atom. The van der Waals surface area contributed by atoms with Gasteiger partial charge in [-0.05, 0) is 30.9 Å². The van der Waals surface area contributed by atoms with Crippen molar-refractivity contribution in [2.45, 2.75) is 31.7 Å². The van der Waals surface area contributed by atoms with E-state index in [1.165, 1.54) is 6.20 Å². The topological polar surface area (TPSA) is 153 Å². The van der Waals surface area contributed by atoms with Crippen LogP contribution >= 0.6 is 0 Å². The lowest BCUT2D eigenvalue weighted by molar-refractivity contribution is -0.137. The van der Waals surface area contributed by atoms with Gasteiger partial charge < -0.3 is 26.8 Å². The number of pyridine rings is 1. The lowest BCUT2D eigenvalue weighted by atomic mass is 10.1. The second-order valence-corrected chi connectivity index (χ2v) is 5.76. The Bertz CT molecular complexity index is 620. The lowest BCUT2D eigenvalue weighted by Crippen LogP contribution is -2.36. The number of aromatic nitrogens is 1. The zero-order chi connectivity index (χ0) is 19.4. The van der Waals surface area contributed by atoms with Crippen molar-refractivity contribution in [2.24, 2.45) is 5.73 Å². The molecule has 26 heavy (non-hydrogen) atoms. The predicted molar refractivity (Wildman–Crippen MR) is 98.3 cm³/mol. The van der Waals surface area contributed by atoms with Gasteiger partial charge in [-0.1, -0.05) is 12.6 Å². The van der Waals surface area contributed by atoms with Crippen molar-refractivity contribution in [1.29, 1.82) is 5.41 Å². The summed E-state index contributed by atoms with van der Waals surface area (Å²) in [4.78, 5) is 27.1. The van der Waals surface area contributed by atoms with Gasteiger partial charge in [-0.3, -0.25) is 20.0 Å². The number of carboxylic acid groups (broad SMARTS) is 1. The molecule has 0 saturated heterocycles. The molecular formula is C17H26N6O3. The molecule has 1 amide bonds. The first kappa shape index (κ1) is 20.9. The average Bonchev–Trinajstić information content (AvgIpc) is 2.59. The number of allylic oxidation sites excluding steroid dienone is 1. The van der Waals surface area contributed by atoms with Crippen LogP contribution in [-0.2, 0) is 9.59 Å². The first-order valence-corrected chi connectivity index (χ1v) is 8.29. The number of aliphatic carboxylic acids is 1. The van der Waals surface area contributed by atoms with Crippen LogP contribution in [0.3, 0.4) is 0 Å². The van der Waals surface area contributed by atoms with Crippen molar-refractivity contribution in [1.82, 2.24) is 20.9 Å². The molecule has 1 aromatic heterocycles. The number of hydrogen-bond acceptors (Lipinski definition) is 5. The maximum absolute atomic E-state index is 12.1. The van der Waals surface area contributed by atoms with E-state index in [0.29, 0.717) is 18.5 Å². The third-order valence-electron chi connectivity index (χ3n) is 3.52. The van der Waals surface area contributed by atoms with Crippen molar-refractivity contribution in [3.8, 4) is 0 Å². The molecule has 0 saturated carbocycles. The van der Waals surface area contributed by atoms with Crippen LogP contribution in [-0.4, -0.2) is 41.0 Å². The highest BCUT2D eigenvalue weighted by Crippen LogP contribution is 2.15. The van der Waals surface area contributed by atoms with Gasteiger partial charge in [0, 0.05) is 24.6 Å². The van der Waals surface area contributed by atoms with E-state index in [2.05, 4.69) is 27.5 Å². The average molecular weight is 362 g/mol. The SMILES string of the molecule is C=C(CCCCNC(=N)N)NCC(=O)NC(CC(=O)O)c1cccnc1. The second-order valence-electron chi connectivity index (χ2n) is 5.76. The molecule has 9 heteroatoms. The molecular weight excluding hydrogens is 336 g/mol. The van der Waals surface area contributed by atoms with Crippen LogP contribution in [0.5, 0.6) is 0 Å². The van der Waals surface area contributed by atoms with E-state index in [0.717, 1.165) is 18.5 Å². The predicted octanol–water partition coefficient (Wildman–Crippen LogP) is 0.470. The third-order valence-corrected chi connectivity index (χ3v) is 3.52. The third kappa shape index (κ3) is 9.26. The Morgan fingerprint density at radius 1 is 1.35 bits per heavy atom.